The molecule has 1 saturated heterocycles. The molecule has 3 atom stereocenters. The highest BCUT2D eigenvalue weighted by Crippen LogP contribution is 2.57. The van der Waals surface area contributed by atoms with Gasteiger partial charge in [-0.05, 0) is 25.5 Å². The van der Waals surface area contributed by atoms with E-state index < -0.39 is 0 Å². The van der Waals surface area contributed by atoms with Crippen molar-refractivity contribution in [2.75, 3.05) is 13.2 Å². The molecule has 1 saturated carbocycles. The van der Waals surface area contributed by atoms with E-state index in [4.69, 9.17) is 14.9 Å². The predicted molar refractivity (Wildman–Crippen MR) is 73.7 cm³/mol. The molecule has 0 radical (unpaired) electrons. The fraction of sp³-hybridized carbons (Fsp3) is 0.733. The number of aryl methyl sites for hydroxylation is 1. The Morgan fingerprint density at radius 2 is 2.21 bits per heavy atom. The van der Waals surface area contributed by atoms with Gasteiger partial charge in [0.15, 0.2) is 0 Å². The number of hydrogen-bond donors (Lipinski definition) is 2. The normalized spacial score (nSPS) is 36.0. The lowest BCUT2D eigenvalue weighted by Crippen LogP contribution is -2.77. The monoisotopic (exact) mass is 264 g/mol. The lowest BCUT2D eigenvalue weighted by molar-refractivity contribution is -0.153. The average Bonchev–Trinajstić information content (AvgIpc) is 2.97. The molecule has 0 bridgehead atoms. The van der Waals surface area contributed by atoms with Crippen molar-refractivity contribution in [2.24, 2.45) is 17.1 Å². The van der Waals surface area contributed by atoms with Gasteiger partial charge >= 0.3 is 0 Å². The summed E-state index contributed by atoms with van der Waals surface area (Å²) in [5, 5.41) is 3.45. The van der Waals surface area contributed by atoms with Gasteiger partial charge in [0.05, 0.1) is 12.6 Å². The van der Waals surface area contributed by atoms with E-state index in [-0.39, 0.29) is 11.0 Å². The van der Waals surface area contributed by atoms with Gasteiger partial charge in [-0.3, -0.25) is 0 Å². The maximum atomic E-state index is 6.66. The van der Waals surface area contributed by atoms with Gasteiger partial charge in [0, 0.05) is 30.0 Å². The van der Waals surface area contributed by atoms with Gasteiger partial charge < -0.3 is 20.2 Å². The molecule has 1 aromatic heterocycles. The number of hydrogen-bond acceptors (Lipinski definition) is 4. The van der Waals surface area contributed by atoms with E-state index >= 15 is 0 Å². The first-order valence-electron chi connectivity index (χ1n) is 7.12. The summed E-state index contributed by atoms with van der Waals surface area (Å²) < 4.78 is 11.4. The van der Waals surface area contributed by atoms with Crippen LogP contribution in [-0.4, -0.2) is 24.8 Å². The summed E-state index contributed by atoms with van der Waals surface area (Å²) in [5.74, 6) is 2.42. The highest BCUT2D eigenvalue weighted by Gasteiger charge is 2.67. The Balaban J connectivity index is 1.60. The van der Waals surface area contributed by atoms with Crippen LogP contribution < -0.4 is 11.1 Å². The third kappa shape index (κ3) is 1.85. The molecule has 2 heterocycles. The summed E-state index contributed by atoms with van der Waals surface area (Å²) in [6.45, 7) is 8.81. The Kier molecular flexibility index (Phi) is 3.00. The van der Waals surface area contributed by atoms with Crippen LogP contribution in [0.4, 0.5) is 0 Å². The van der Waals surface area contributed by atoms with E-state index in [1.54, 1.807) is 0 Å². The maximum absolute atomic E-state index is 6.66. The van der Waals surface area contributed by atoms with Crippen molar-refractivity contribution in [3.05, 3.63) is 23.7 Å². The van der Waals surface area contributed by atoms with Gasteiger partial charge in [-0.2, -0.15) is 0 Å². The number of rotatable bonds is 4. The molecule has 0 spiro atoms. The molecular weight excluding hydrogens is 240 g/mol. The highest BCUT2D eigenvalue weighted by molar-refractivity contribution is 5.21. The average molecular weight is 264 g/mol. The van der Waals surface area contributed by atoms with Crippen LogP contribution in [0.5, 0.6) is 0 Å². The third-order valence-corrected chi connectivity index (χ3v) is 5.18. The Morgan fingerprint density at radius 1 is 1.42 bits per heavy atom. The maximum Gasteiger partial charge on any atom is 0.117 e. The van der Waals surface area contributed by atoms with Gasteiger partial charge in [-0.1, -0.05) is 13.8 Å². The van der Waals surface area contributed by atoms with Crippen molar-refractivity contribution in [2.45, 2.75) is 45.4 Å². The van der Waals surface area contributed by atoms with E-state index in [1.807, 2.05) is 19.1 Å². The molecule has 0 amide bonds. The quantitative estimate of drug-likeness (QED) is 0.871. The van der Waals surface area contributed by atoms with Crippen molar-refractivity contribution in [3.63, 3.8) is 0 Å². The molecular formula is C15H24N2O2. The topological polar surface area (TPSA) is 60.4 Å². The smallest absolute Gasteiger partial charge is 0.117 e. The van der Waals surface area contributed by atoms with Crippen LogP contribution in [0.3, 0.4) is 0 Å². The molecule has 4 nitrogen and oxygen atoms in total. The predicted octanol–water partition coefficient (Wildman–Crippen LogP) is 1.82. The lowest BCUT2D eigenvalue weighted by atomic mass is 9.48. The first-order chi connectivity index (χ1) is 8.95. The van der Waals surface area contributed by atoms with Crippen LogP contribution in [0.1, 0.15) is 31.8 Å². The van der Waals surface area contributed by atoms with Crippen molar-refractivity contribution in [1.29, 1.82) is 0 Å². The first kappa shape index (κ1) is 13.2. The first-order valence-corrected chi connectivity index (χ1v) is 7.12. The van der Waals surface area contributed by atoms with Crippen LogP contribution in [0.25, 0.3) is 0 Å². The number of ether oxygens (including phenoxy) is 1. The number of fused-ring (bicyclic) bond motifs is 1. The molecule has 2 fully saturated rings. The minimum Gasteiger partial charge on any atom is -0.465 e. The fourth-order valence-corrected chi connectivity index (χ4v) is 3.81. The standard InChI is InChI=1S/C15H24N2O2/c1-10-4-5-11(19-10)8-17-9-15(16)12-6-7-18-13(12)14(15,2)3/h4-5,12-13,17H,6-9,16H2,1-3H3. The molecule has 4 heteroatoms. The zero-order valence-corrected chi connectivity index (χ0v) is 12.0. The molecule has 1 aliphatic carbocycles. The molecule has 19 heavy (non-hydrogen) atoms. The fourth-order valence-electron chi connectivity index (χ4n) is 3.81. The number of nitrogens with one attached hydrogen (secondary N) is 1. The van der Waals surface area contributed by atoms with Gasteiger partial charge in [0.25, 0.3) is 0 Å². The lowest BCUT2D eigenvalue weighted by Gasteiger charge is -2.62. The summed E-state index contributed by atoms with van der Waals surface area (Å²) in [4.78, 5) is 0. The molecule has 3 rings (SSSR count). The van der Waals surface area contributed by atoms with Crippen LogP contribution in [-0.2, 0) is 11.3 Å². The zero-order valence-electron chi connectivity index (χ0n) is 12.0. The summed E-state index contributed by atoms with van der Waals surface area (Å²) in [6, 6.07) is 4.00. The molecule has 1 aromatic rings. The molecule has 2 aliphatic rings. The van der Waals surface area contributed by atoms with Crippen LogP contribution in [0.15, 0.2) is 16.5 Å². The van der Waals surface area contributed by atoms with Crippen molar-refractivity contribution in [1.82, 2.24) is 5.32 Å². The summed E-state index contributed by atoms with van der Waals surface area (Å²) in [7, 11) is 0. The Hall–Kier alpha value is -0.840. The van der Waals surface area contributed by atoms with Crippen molar-refractivity contribution < 1.29 is 9.15 Å². The number of furan rings is 1. The second-order valence-electron chi connectivity index (χ2n) is 6.56. The minimum absolute atomic E-state index is 0.0419. The molecule has 1 aliphatic heterocycles. The molecule has 0 aromatic carbocycles. The van der Waals surface area contributed by atoms with E-state index in [0.717, 1.165) is 37.6 Å². The Bertz CT molecular complexity index is 468. The second-order valence-corrected chi connectivity index (χ2v) is 6.56. The second kappa shape index (κ2) is 4.33. The minimum atomic E-state index is -0.171. The van der Waals surface area contributed by atoms with Gasteiger partial charge in [0.2, 0.25) is 0 Å². The van der Waals surface area contributed by atoms with E-state index in [1.165, 1.54) is 0 Å². The summed E-state index contributed by atoms with van der Waals surface area (Å²) in [5.41, 5.74) is 6.53. The van der Waals surface area contributed by atoms with Crippen molar-refractivity contribution in [3.8, 4) is 0 Å². The van der Waals surface area contributed by atoms with Gasteiger partial charge in [-0.25, -0.2) is 0 Å². The van der Waals surface area contributed by atoms with Crippen LogP contribution in [0, 0.1) is 18.3 Å². The van der Waals surface area contributed by atoms with E-state index in [0.29, 0.717) is 12.0 Å². The SMILES string of the molecule is Cc1ccc(CNCC2(N)C3CCOC3C2(C)C)o1. The van der Waals surface area contributed by atoms with E-state index in [9.17, 15) is 0 Å². The number of nitrogens with two attached hydrogens (primary N) is 1. The van der Waals surface area contributed by atoms with Gasteiger partial charge in [0.1, 0.15) is 11.5 Å². The summed E-state index contributed by atoms with van der Waals surface area (Å²) >= 11 is 0. The highest BCUT2D eigenvalue weighted by atomic mass is 16.5. The Labute approximate surface area is 114 Å². The van der Waals surface area contributed by atoms with Crippen LogP contribution >= 0.6 is 0 Å². The molecule has 3 N–H and O–H groups in total. The zero-order chi connectivity index (χ0) is 13.7. The van der Waals surface area contributed by atoms with E-state index in [2.05, 4.69) is 19.2 Å². The van der Waals surface area contributed by atoms with Crippen molar-refractivity contribution >= 4 is 0 Å². The largest absolute Gasteiger partial charge is 0.465 e. The summed E-state index contributed by atoms with van der Waals surface area (Å²) in [6.07, 6.45) is 1.43. The van der Waals surface area contributed by atoms with Gasteiger partial charge in [-0.15, -0.1) is 0 Å². The molecule has 3 unspecified atom stereocenters. The Morgan fingerprint density at radius 3 is 2.89 bits per heavy atom. The third-order valence-electron chi connectivity index (χ3n) is 5.18. The molecule has 106 valence electrons. The van der Waals surface area contributed by atoms with Crippen LogP contribution in [0.2, 0.25) is 0 Å².